The van der Waals surface area contributed by atoms with Crippen LogP contribution in [0, 0.1) is 0 Å². The number of nitrogens with zero attached hydrogens (tertiary/aromatic N) is 1. The number of phenols is 2. The lowest BCUT2D eigenvalue weighted by molar-refractivity contribution is 0.475. The van der Waals surface area contributed by atoms with Gasteiger partial charge in [-0.25, -0.2) is 0 Å². The van der Waals surface area contributed by atoms with E-state index in [9.17, 15) is 10.2 Å². The van der Waals surface area contributed by atoms with Gasteiger partial charge in [0.05, 0.1) is 0 Å². The van der Waals surface area contributed by atoms with E-state index in [1.54, 1.807) is 48.8 Å². The molecular formula is C17H13NO2. The van der Waals surface area contributed by atoms with Crippen molar-refractivity contribution in [2.24, 2.45) is 0 Å². The van der Waals surface area contributed by atoms with Gasteiger partial charge in [-0.2, -0.15) is 0 Å². The van der Waals surface area contributed by atoms with Crippen LogP contribution in [0.5, 0.6) is 11.5 Å². The van der Waals surface area contributed by atoms with E-state index in [1.807, 2.05) is 18.2 Å². The second-order valence-corrected chi connectivity index (χ2v) is 4.56. The molecule has 0 aliphatic carbocycles. The third-order valence-electron chi connectivity index (χ3n) is 3.10. The van der Waals surface area contributed by atoms with Crippen LogP contribution >= 0.6 is 0 Å². The Morgan fingerprint density at radius 1 is 0.600 bits per heavy atom. The molecule has 2 N–H and O–H groups in total. The molecule has 3 aromatic rings. The Labute approximate surface area is 116 Å². The van der Waals surface area contributed by atoms with Gasteiger partial charge in [0.15, 0.2) is 0 Å². The molecule has 0 saturated heterocycles. The van der Waals surface area contributed by atoms with E-state index in [0.29, 0.717) is 0 Å². The Balaban J connectivity index is 2.06. The monoisotopic (exact) mass is 263 g/mol. The largest absolute Gasteiger partial charge is 0.508 e. The van der Waals surface area contributed by atoms with E-state index in [0.717, 1.165) is 22.3 Å². The van der Waals surface area contributed by atoms with Crippen molar-refractivity contribution in [3.63, 3.8) is 0 Å². The third kappa shape index (κ3) is 2.47. The number of aromatic nitrogens is 1. The van der Waals surface area contributed by atoms with Gasteiger partial charge in [-0.1, -0.05) is 24.3 Å². The van der Waals surface area contributed by atoms with Crippen molar-refractivity contribution in [1.82, 2.24) is 4.98 Å². The second kappa shape index (κ2) is 5.05. The van der Waals surface area contributed by atoms with E-state index in [1.165, 1.54) is 0 Å². The van der Waals surface area contributed by atoms with Crippen LogP contribution in [-0.4, -0.2) is 15.2 Å². The predicted molar refractivity (Wildman–Crippen MR) is 78.4 cm³/mol. The summed E-state index contributed by atoms with van der Waals surface area (Å²) < 4.78 is 0. The summed E-state index contributed by atoms with van der Waals surface area (Å²) in [6, 6.07) is 16.1. The number of benzene rings is 2. The van der Waals surface area contributed by atoms with E-state index < -0.39 is 0 Å². The summed E-state index contributed by atoms with van der Waals surface area (Å²) in [5.74, 6) is 0.454. The van der Waals surface area contributed by atoms with Gasteiger partial charge in [-0.15, -0.1) is 0 Å². The maximum Gasteiger partial charge on any atom is 0.116 e. The van der Waals surface area contributed by atoms with Gasteiger partial charge in [0, 0.05) is 23.5 Å². The first-order valence-electron chi connectivity index (χ1n) is 6.26. The normalized spacial score (nSPS) is 10.4. The molecule has 3 rings (SSSR count). The fraction of sp³-hybridized carbons (Fsp3) is 0. The minimum absolute atomic E-state index is 0.227. The third-order valence-corrected chi connectivity index (χ3v) is 3.10. The molecule has 98 valence electrons. The SMILES string of the molecule is Oc1cccc(-c2cncc(-c3cccc(O)c3)c2)c1. The fourth-order valence-electron chi connectivity index (χ4n) is 2.13. The molecule has 0 aliphatic rings. The average molecular weight is 263 g/mol. The lowest BCUT2D eigenvalue weighted by Gasteiger charge is -2.06. The quantitative estimate of drug-likeness (QED) is 0.738. The molecule has 1 aromatic heterocycles. The lowest BCUT2D eigenvalue weighted by Crippen LogP contribution is -1.84. The summed E-state index contributed by atoms with van der Waals surface area (Å²) in [7, 11) is 0. The maximum atomic E-state index is 9.54. The van der Waals surface area contributed by atoms with Crippen molar-refractivity contribution < 1.29 is 10.2 Å². The van der Waals surface area contributed by atoms with Crippen molar-refractivity contribution in [1.29, 1.82) is 0 Å². The molecule has 20 heavy (non-hydrogen) atoms. The minimum Gasteiger partial charge on any atom is -0.508 e. The van der Waals surface area contributed by atoms with E-state index in [4.69, 9.17) is 0 Å². The summed E-state index contributed by atoms with van der Waals surface area (Å²) >= 11 is 0. The topological polar surface area (TPSA) is 53.4 Å². The molecule has 3 heteroatoms. The van der Waals surface area contributed by atoms with Gasteiger partial charge in [0.25, 0.3) is 0 Å². The number of phenolic OH excluding ortho intramolecular Hbond substituents is 2. The molecule has 0 amide bonds. The molecule has 0 aliphatic heterocycles. The fourth-order valence-corrected chi connectivity index (χ4v) is 2.13. The predicted octanol–water partition coefficient (Wildman–Crippen LogP) is 3.83. The first-order chi connectivity index (χ1) is 9.72. The van der Waals surface area contributed by atoms with Gasteiger partial charge < -0.3 is 10.2 Å². The maximum absolute atomic E-state index is 9.54. The minimum atomic E-state index is 0.227. The molecule has 0 fully saturated rings. The molecule has 0 spiro atoms. The first-order valence-corrected chi connectivity index (χ1v) is 6.26. The summed E-state index contributed by atoms with van der Waals surface area (Å²) in [6.45, 7) is 0. The number of aromatic hydroxyl groups is 2. The van der Waals surface area contributed by atoms with Crippen molar-refractivity contribution >= 4 is 0 Å². The number of rotatable bonds is 2. The van der Waals surface area contributed by atoms with Crippen molar-refractivity contribution in [2.75, 3.05) is 0 Å². The van der Waals surface area contributed by atoms with E-state index in [-0.39, 0.29) is 11.5 Å². The molecular weight excluding hydrogens is 250 g/mol. The van der Waals surface area contributed by atoms with Crippen LogP contribution in [0.1, 0.15) is 0 Å². The number of pyridine rings is 1. The van der Waals surface area contributed by atoms with Gasteiger partial charge in [0.2, 0.25) is 0 Å². The Morgan fingerprint density at radius 2 is 1.10 bits per heavy atom. The summed E-state index contributed by atoms with van der Waals surface area (Å²) in [4.78, 5) is 4.23. The molecule has 2 aromatic carbocycles. The van der Waals surface area contributed by atoms with Crippen LogP contribution in [0.2, 0.25) is 0 Å². The number of hydrogen-bond acceptors (Lipinski definition) is 3. The first kappa shape index (κ1) is 12.2. The van der Waals surface area contributed by atoms with Crippen LogP contribution < -0.4 is 0 Å². The Kier molecular flexibility index (Phi) is 3.09. The van der Waals surface area contributed by atoms with Crippen molar-refractivity contribution in [3.8, 4) is 33.8 Å². The standard InChI is InChI=1S/C17H13NO2/c19-16-5-1-3-12(8-16)14-7-15(11-18-10-14)13-4-2-6-17(20)9-13/h1-11,19-20H. The molecule has 0 unspecified atom stereocenters. The highest BCUT2D eigenvalue weighted by Crippen LogP contribution is 2.28. The zero-order valence-electron chi connectivity index (χ0n) is 10.7. The summed E-state index contributed by atoms with van der Waals surface area (Å²) in [5, 5.41) is 19.1. The highest BCUT2D eigenvalue weighted by molar-refractivity contribution is 5.72. The zero-order chi connectivity index (χ0) is 13.9. The summed E-state index contributed by atoms with van der Waals surface area (Å²) in [6.07, 6.45) is 3.50. The smallest absolute Gasteiger partial charge is 0.116 e. The van der Waals surface area contributed by atoms with Gasteiger partial charge >= 0.3 is 0 Å². The Bertz CT molecular complexity index is 692. The second-order valence-electron chi connectivity index (χ2n) is 4.56. The molecule has 0 saturated carbocycles. The van der Waals surface area contributed by atoms with Gasteiger partial charge in [0.1, 0.15) is 11.5 Å². The van der Waals surface area contributed by atoms with Crippen LogP contribution in [0.15, 0.2) is 67.0 Å². The average Bonchev–Trinajstić information content (AvgIpc) is 2.47. The van der Waals surface area contributed by atoms with Crippen LogP contribution in [0.25, 0.3) is 22.3 Å². The molecule has 0 radical (unpaired) electrons. The highest BCUT2D eigenvalue weighted by Gasteiger charge is 2.04. The van der Waals surface area contributed by atoms with Crippen LogP contribution in [-0.2, 0) is 0 Å². The van der Waals surface area contributed by atoms with Crippen LogP contribution in [0.4, 0.5) is 0 Å². The van der Waals surface area contributed by atoms with Gasteiger partial charge in [-0.3, -0.25) is 4.98 Å². The highest BCUT2D eigenvalue weighted by atomic mass is 16.3. The van der Waals surface area contributed by atoms with E-state index >= 15 is 0 Å². The molecule has 0 atom stereocenters. The zero-order valence-corrected chi connectivity index (χ0v) is 10.7. The summed E-state index contributed by atoms with van der Waals surface area (Å²) in [5.41, 5.74) is 3.64. The lowest BCUT2D eigenvalue weighted by atomic mass is 10.0. The number of hydrogen-bond donors (Lipinski definition) is 2. The van der Waals surface area contributed by atoms with Crippen molar-refractivity contribution in [3.05, 3.63) is 67.0 Å². The van der Waals surface area contributed by atoms with Crippen LogP contribution in [0.3, 0.4) is 0 Å². The van der Waals surface area contributed by atoms with E-state index in [2.05, 4.69) is 4.98 Å². The molecule has 0 bridgehead atoms. The van der Waals surface area contributed by atoms with Gasteiger partial charge in [-0.05, 0) is 41.5 Å². The Morgan fingerprint density at radius 3 is 1.55 bits per heavy atom. The molecule has 3 nitrogen and oxygen atoms in total. The van der Waals surface area contributed by atoms with Crippen molar-refractivity contribution in [2.45, 2.75) is 0 Å². The Hall–Kier alpha value is -2.81. The molecule has 1 heterocycles.